The molecule has 2 aliphatic heterocycles. The molecule has 1 atom stereocenters. The third-order valence-corrected chi connectivity index (χ3v) is 5.71. The summed E-state index contributed by atoms with van der Waals surface area (Å²) in [6, 6.07) is 22.0. The van der Waals surface area contributed by atoms with E-state index in [4.69, 9.17) is 9.47 Å². The summed E-state index contributed by atoms with van der Waals surface area (Å²) in [6.07, 6.45) is 2.68. The molecule has 6 nitrogen and oxygen atoms in total. The minimum Gasteiger partial charge on any atom is -0.454 e. The van der Waals surface area contributed by atoms with Crippen LogP contribution >= 0.6 is 0 Å². The first-order chi connectivity index (χ1) is 15.5. The molecule has 2 heterocycles. The number of aliphatic hydroxyl groups is 1. The fraction of sp³-hybridized carbons (Fsp3) is 0.154. The van der Waals surface area contributed by atoms with Gasteiger partial charge in [0.1, 0.15) is 0 Å². The van der Waals surface area contributed by atoms with Crippen molar-refractivity contribution in [2.24, 2.45) is 0 Å². The molecular formula is C26H21NO5. The van der Waals surface area contributed by atoms with Crippen molar-refractivity contribution in [2.75, 3.05) is 11.7 Å². The Morgan fingerprint density at radius 2 is 1.75 bits per heavy atom. The van der Waals surface area contributed by atoms with Gasteiger partial charge in [-0.25, -0.2) is 0 Å². The van der Waals surface area contributed by atoms with Gasteiger partial charge in [0.25, 0.3) is 5.91 Å². The number of hydrogen-bond acceptors (Lipinski definition) is 5. The maximum absolute atomic E-state index is 13.3. The highest BCUT2D eigenvalue weighted by molar-refractivity contribution is 6.10. The number of anilines is 1. The Morgan fingerprint density at radius 1 is 1.00 bits per heavy atom. The summed E-state index contributed by atoms with van der Waals surface area (Å²) in [5.41, 5.74) is 0.872. The van der Waals surface area contributed by atoms with E-state index in [1.165, 1.54) is 6.08 Å². The second-order valence-corrected chi connectivity index (χ2v) is 7.84. The van der Waals surface area contributed by atoms with Gasteiger partial charge in [0.2, 0.25) is 6.79 Å². The minimum atomic E-state index is -1.90. The molecule has 0 saturated heterocycles. The Labute approximate surface area is 185 Å². The number of carbonyl (C=O) groups excluding carboxylic acids is 2. The molecule has 5 rings (SSSR count). The SMILES string of the molecule is O=C(/C=C/c1ccc2c(c1)OCO2)C[C@]1(O)C(=O)N(Cc2ccccc2)c2ccccc21. The quantitative estimate of drug-likeness (QED) is 0.606. The van der Waals surface area contributed by atoms with Crippen LogP contribution in [0.4, 0.5) is 5.69 Å². The van der Waals surface area contributed by atoms with Gasteiger partial charge in [-0.15, -0.1) is 0 Å². The van der Waals surface area contributed by atoms with Crippen molar-refractivity contribution in [1.29, 1.82) is 0 Å². The Morgan fingerprint density at radius 3 is 2.59 bits per heavy atom. The Balaban J connectivity index is 1.37. The molecule has 6 heteroatoms. The first-order valence-electron chi connectivity index (χ1n) is 10.3. The van der Waals surface area contributed by atoms with E-state index >= 15 is 0 Å². The van der Waals surface area contributed by atoms with E-state index in [0.29, 0.717) is 29.3 Å². The summed E-state index contributed by atoms with van der Waals surface area (Å²) in [5, 5.41) is 11.4. The van der Waals surface area contributed by atoms with Crippen molar-refractivity contribution < 1.29 is 24.2 Å². The summed E-state index contributed by atoms with van der Waals surface area (Å²) < 4.78 is 10.6. The number of benzene rings is 3. The monoisotopic (exact) mass is 427 g/mol. The number of hydrogen-bond donors (Lipinski definition) is 1. The maximum atomic E-state index is 13.3. The first-order valence-corrected chi connectivity index (χ1v) is 10.3. The van der Waals surface area contributed by atoms with Crippen LogP contribution in [0.25, 0.3) is 6.08 Å². The van der Waals surface area contributed by atoms with Gasteiger partial charge >= 0.3 is 0 Å². The normalized spacial score (nSPS) is 18.9. The summed E-state index contributed by atoms with van der Waals surface area (Å²) in [5.74, 6) is 0.436. The molecule has 160 valence electrons. The van der Waals surface area contributed by atoms with Crippen LogP contribution in [0.5, 0.6) is 11.5 Å². The van der Waals surface area contributed by atoms with Gasteiger partial charge < -0.3 is 19.5 Å². The number of allylic oxidation sites excluding steroid dienone is 1. The van der Waals surface area contributed by atoms with Crippen LogP contribution in [0.15, 0.2) is 78.9 Å². The third kappa shape index (κ3) is 3.55. The van der Waals surface area contributed by atoms with Crippen molar-refractivity contribution in [3.8, 4) is 11.5 Å². The first kappa shape index (κ1) is 20.0. The van der Waals surface area contributed by atoms with Crippen LogP contribution in [0.1, 0.15) is 23.1 Å². The smallest absolute Gasteiger partial charge is 0.264 e. The minimum absolute atomic E-state index is 0.176. The molecule has 0 bridgehead atoms. The molecule has 0 aromatic heterocycles. The lowest BCUT2D eigenvalue weighted by Crippen LogP contribution is -2.41. The number of carbonyl (C=O) groups is 2. The molecule has 1 N–H and O–H groups in total. The number of nitrogens with zero attached hydrogens (tertiary/aromatic N) is 1. The highest BCUT2D eigenvalue weighted by Gasteiger charge is 2.50. The highest BCUT2D eigenvalue weighted by atomic mass is 16.7. The molecule has 32 heavy (non-hydrogen) atoms. The predicted molar refractivity (Wildman–Crippen MR) is 119 cm³/mol. The van der Waals surface area contributed by atoms with Crippen molar-refractivity contribution in [3.05, 3.63) is 95.6 Å². The third-order valence-electron chi connectivity index (χ3n) is 5.71. The lowest BCUT2D eigenvalue weighted by atomic mass is 9.89. The number of fused-ring (bicyclic) bond motifs is 2. The van der Waals surface area contributed by atoms with E-state index < -0.39 is 11.5 Å². The van der Waals surface area contributed by atoms with Gasteiger partial charge in [0.15, 0.2) is 22.9 Å². The molecule has 1 amide bonds. The summed E-state index contributed by atoms with van der Waals surface area (Å²) >= 11 is 0. The summed E-state index contributed by atoms with van der Waals surface area (Å²) in [6.45, 7) is 0.496. The molecule has 0 aliphatic carbocycles. The Hall–Kier alpha value is -3.90. The zero-order chi connectivity index (χ0) is 22.1. The number of ether oxygens (including phenoxy) is 2. The molecule has 0 spiro atoms. The van der Waals surface area contributed by atoms with Gasteiger partial charge in [0, 0.05) is 5.56 Å². The fourth-order valence-corrected chi connectivity index (χ4v) is 4.12. The Kier molecular flexibility index (Phi) is 4.99. The molecule has 3 aromatic carbocycles. The zero-order valence-electron chi connectivity index (χ0n) is 17.2. The van der Waals surface area contributed by atoms with Crippen LogP contribution in [-0.2, 0) is 21.7 Å². The van der Waals surface area contributed by atoms with Gasteiger partial charge in [-0.1, -0.05) is 60.7 Å². The molecule has 0 radical (unpaired) electrons. The zero-order valence-corrected chi connectivity index (χ0v) is 17.2. The molecule has 0 unspecified atom stereocenters. The van der Waals surface area contributed by atoms with E-state index in [-0.39, 0.29) is 19.0 Å². The van der Waals surface area contributed by atoms with Gasteiger partial charge in [-0.05, 0) is 35.4 Å². The highest BCUT2D eigenvalue weighted by Crippen LogP contribution is 2.43. The van der Waals surface area contributed by atoms with Gasteiger partial charge in [-0.3, -0.25) is 9.59 Å². The maximum Gasteiger partial charge on any atom is 0.264 e. The fourth-order valence-electron chi connectivity index (χ4n) is 4.12. The topological polar surface area (TPSA) is 76.1 Å². The van der Waals surface area contributed by atoms with Crippen molar-refractivity contribution >= 4 is 23.5 Å². The Bertz CT molecular complexity index is 1220. The summed E-state index contributed by atoms with van der Waals surface area (Å²) in [7, 11) is 0. The van der Waals surface area contributed by atoms with E-state index in [2.05, 4.69) is 0 Å². The number of amides is 1. The van der Waals surface area contributed by atoms with Crippen molar-refractivity contribution in [1.82, 2.24) is 0 Å². The average Bonchev–Trinajstić information content (AvgIpc) is 3.36. The summed E-state index contributed by atoms with van der Waals surface area (Å²) in [4.78, 5) is 27.6. The lowest BCUT2D eigenvalue weighted by molar-refractivity contribution is -0.140. The molecule has 0 fully saturated rings. The largest absolute Gasteiger partial charge is 0.454 e. The van der Waals surface area contributed by atoms with Crippen LogP contribution in [0.2, 0.25) is 0 Å². The number of para-hydroxylation sites is 1. The van der Waals surface area contributed by atoms with Gasteiger partial charge in [-0.2, -0.15) is 0 Å². The number of ketones is 1. The number of rotatable bonds is 6. The lowest BCUT2D eigenvalue weighted by Gasteiger charge is -2.22. The standard InChI is InChI=1S/C26H21NO5/c28-20(12-10-18-11-13-23-24(14-18)32-17-31-23)15-26(30)21-8-4-5-9-22(21)27(25(26)29)16-19-6-2-1-3-7-19/h1-14,30H,15-17H2/b12-10+/t26-/m1/s1. The van der Waals surface area contributed by atoms with E-state index in [9.17, 15) is 14.7 Å². The average molecular weight is 427 g/mol. The van der Waals surface area contributed by atoms with E-state index in [0.717, 1.165) is 11.1 Å². The second kappa shape index (κ2) is 7.98. The van der Waals surface area contributed by atoms with Crippen molar-refractivity contribution in [2.45, 2.75) is 18.6 Å². The second-order valence-electron chi connectivity index (χ2n) is 7.84. The van der Waals surface area contributed by atoms with Crippen LogP contribution in [0, 0.1) is 0 Å². The van der Waals surface area contributed by atoms with Crippen molar-refractivity contribution in [3.63, 3.8) is 0 Å². The molecule has 3 aromatic rings. The predicted octanol–water partition coefficient (Wildman–Crippen LogP) is 3.82. The van der Waals surface area contributed by atoms with E-state index in [1.54, 1.807) is 41.3 Å². The van der Waals surface area contributed by atoms with Crippen LogP contribution < -0.4 is 14.4 Å². The molecule has 2 aliphatic rings. The molecular weight excluding hydrogens is 406 g/mol. The van der Waals surface area contributed by atoms with E-state index in [1.807, 2.05) is 42.5 Å². The van der Waals surface area contributed by atoms with Gasteiger partial charge in [0.05, 0.1) is 18.7 Å². The molecule has 0 saturated carbocycles. The van der Waals surface area contributed by atoms with Crippen LogP contribution in [-0.4, -0.2) is 23.6 Å². The van der Waals surface area contributed by atoms with Crippen LogP contribution in [0.3, 0.4) is 0 Å².